The van der Waals surface area contributed by atoms with Gasteiger partial charge >= 0.3 is 0 Å². The van der Waals surface area contributed by atoms with E-state index in [4.69, 9.17) is 11.6 Å². The smallest absolute Gasteiger partial charge is 0.255 e. The number of amides is 1. The number of hydrogen-bond donors (Lipinski definition) is 2. The Bertz CT molecular complexity index is 1070. The summed E-state index contributed by atoms with van der Waals surface area (Å²) in [7, 11) is -3.76. The molecule has 2 heterocycles. The van der Waals surface area contributed by atoms with E-state index in [9.17, 15) is 26.4 Å². The number of fused-ring (bicyclic) bond motifs is 2. The van der Waals surface area contributed by atoms with Gasteiger partial charge in [0, 0.05) is 35.5 Å². The van der Waals surface area contributed by atoms with Gasteiger partial charge in [-0.15, -0.1) is 0 Å². The molecule has 2 saturated heterocycles. The predicted molar refractivity (Wildman–Crippen MR) is 101 cm³/mol. The Balaban J connectivity index is 1.60. The first-order valence-corrected chi connectivity index (χ1v) is 10.8. The number of sulfone groups is 1. The monoisotopic (exact) mass is 444 g/mol. The number of nitrogens with one attached hydrogen (secondary N) is 2. The zero-order valence-electron chi connectivity index (χ0n) is 14.9. The third-order valence-corrected chi connectivity index (χ3v) is 7.97. The van der Waals surface area contributed by atoms with E-state index < -0.39 is 38.4 Å². The van der Waals surface area contributed by atoms with Gasteiger partial charge in [-0.3, -0.25) is 4.79 Å². The van der Waals surface area contributed by atoms with E-state index in [0.29, 0.717) is 25.0 Å². The van der Waals surface area contributed by atoms with Crippen LogP contribution in [0.5, 0.6) is 0 Å². The molecule has 5 rings (SSSR count). The molecule has 29 heavy (non-hydrogen) atoms. The minimum Gasteiger partial charge on any atom is -0.322 e. The standard InChI is InChI=1S/C19H16ClF3N2O3S/c20-14-2-1-9(19(26)25-12-7-15(21)18(23)16(22)8-12)3-17(14)29(27,28)13-5-10-4-11(6-13)24-10/h1-3,7-8,10-11,13,24H,4-6H2,(H,25,26). The number of carbonyl (C=O) groups is 1. The molecule has 2 aliphatic heterocycles. The van der Waals surface area contributed by atoms with E-state index in [0.717, 1.165) is 12.5 Å². The Morgan fingerprint density at radius 2 is 1.62 bits per heavy atom. The van der Waals surface area contributed by atoms with Crippen LogP contribution in [0.15, 0.2) is 35.2 Å². The van der Waals surface area contributed by atoms with Gasteiger partial charge in [0.2, 0.25) is 0 Å². The average Bonchev–Trinajstić information content (AvgIpc) is 2.65. The molecular formula is C19H16ClF3N2O3S. The fourth-order valence-electron chi connectivity index (χ4n) is 3.84. The predicted octanol–water partition coefficient (Wildman–Crippen LogP) is 3.68. The molecule has 2 N–H and O–H groups in total. The molecular weight excluding hydrogens is 429 g/mol. The van der Waals surface area contributed by atoms with Crippen molar-refractivity contribution in [2.24, 2.45) is 0 Å². The minimum absolute atomic E-state index is 0.00683. The second-order valence-electron chi connectivity index (χ2n) is 7.29. The summed E-state index contributed by atoms with van der Waals surface area (Å²) >= 11 is 6.10. The van der Waals surface area contributed by atoms with Crippen LogP contribution in [-0.2, 0) is 9.84 Å². The zero-order chi connectivity index (χ0) is 20.9. The molecule has 10 heteroatoms. The van der Waals surface area contributed by atoms with Crippen LogP contribution in [0, 0.1) is 17.5 Å². The molecule has 1 saturated carbocycles. The number of piperidine rings is 1. The van der Waals surface area contributed by atoms with E-state index >= 15 is 0 Å². The Morgan fingerprint density at radius 1 is 1.03 bits per heavy atom. The number of hydrogen-bond acceptors (Lipinski definition) is 4. The number of rotatable bonds is 4. The van der Waals surface area contributed by atoms with Gasteiger partial charge in [0.1, 0.15) is 0 Å². The highest BCUT2D eigenvalue weighted by Crippen LogP contribution is 2.37. The molecule has 1 amide bonds. The van der Waals surface area contributed by atoms with Gasteiger partial charge in [0.25, 0.3) is 5.91 Å². The van der Waals surface area contributed by atoms with Crippen LogP contribution in [0.1, 0.15) is 29.6 Å². The van der Waals surface area contributed by atoms with Crippen molar-refractivity contribution < 1.29 is 26.4 Å². The van der Waals surface area contributed by atoms with E-state index in [-0.39, 0.29) is 33.3 Å². The van der Waals surface area contributed by atoms with Crippen LogP contribution < -0.4 is 10.6 Å². The van der Waals surface area contributed by atoms with Gasteiger partial charge in [-0.25, -0.2) is 21.6 Å². The van der Waals surface area contributed by atoms with Gasteiger partial charge in [0.15, 0.2) is 27.3 Å². The van der Waals surface area contributed by atoms with Crippen LogP contribution >= 0.6 is 11.6 Å². The fourth-order valence-corrected chi connectivity index (χ4v) is 6.24. The van der Waals surface area contributed by atoms with Gasteiger partial charge in [-0.05, 0) is 37.5 Å². The van der Waals surface area contributed by atoms with Gasteiger partial charge in [0.05, 0.1) is 15.2 Å². The normalized spacial score (nSPS) is 23.4. The Morgan fingerprint density at radius 3 is 2.21 bits per heavy atom. The maximum Gasteiger partial charge on any atom is 0.255 e. The number of anilines is 1. The SMILES string of the molecule is O=C(Nc1cc(F)c(F)c(F)c1)c1ccc(Cl)c(S(=O)(=O)C2CC3CC(C2)N3)c1. The molecule has 2 unspecified atom stereocenters. The summed E-state index contributed by atoms with van der Waals surface area (Å²) < 4.78 is 65.8. The number of benzene rings is 2. The van der Waals surface area contributed by atoms with E-state index in [1.54, 1.807) is 0 Å². The molecule has 154 valence electrons. The summed E-state index contributed by atoms with van der Waals surface area (Å²) in [6, 6.07) is 5.33. The Hall–Kier alpha value is -2.10. The topological polar surface area (TPSA) is 75.3 Å². The fraction of sp³-hybridized carbons (Fsp3) is 0.316. The molecule has 5 nitrogen and oxygen atoms in total. The van der Waals surface area contributed by atoms with Gasteiger partial charge in [-0.1, -0.05) is 11.6 Å². The number of halogens is 4. The highest BCUT2D eigenvalue weighted by molar-refractivity contribution is 7.92. The first-order valence-electron chi connectivity index (χ1n) is 8.90. The molecule has 1 aliphatic carbocycles. The van der Waals surface area contributed by atoms with E-state index in [1.807, 2.05) is 0 Å². The summed E-state index contributed by atoms with van der Waals surface area (Å²) in [5, 5.41) is 4.89. The van der Waals surface area contributed by atoms with Crippen molar-refractivity contribution >= 4 is 33.0 Å². The first-order chi connectivity index (χ1) is 13.6. The average molecular weight is 445 g/mol. The van der Waals surface area contributed by atoms with Gasteiger partial charge in [-0.2, -0.15) is 0 Å². The quantitative estimate of drug-likeness (QED) is 0.705. The van der Waals surface area contributed by atoms with Crippen molar-refractivity contribution in [1.82, 2.24) is 5.32 Å². The van der Waals surface area contributed by atoms with Crippen LogP contribution in [-0.4, -0.2) is 31.7 Å². The molecule has 3 aliphatic rings. The van der Waals surface area contributed by atoms with Crippen molar-refractivity contribution in [2.45, 2.75) is 41.5 Å². The second kappa shape index (κ2) is 7.30. The highest BCUT2D eigenvalue weighted by Gasteiger charge is 2.44. The van der Waals surface area contributed by atoms with Crippen LogP contribution in [0.2, 0.25) is 5.02 Å². The third-order valence-electron chi connectivity index (χ3n) is 5.32. The molecule has 2 aromatic carbocycles. The van der Waals surface area contributed by atoms with Gasteiger partial charge < -0.3 is 10.6 Å². The Labute approximate surface area is 170 Å². The van der Waals surface area contributed by atoms with Crippen molar-refractivity contribution in [1.29, 1.82) is 0 Å². The lowest BCUT2D eigenvalue weighted by atomic mass is 9.82. The van der Waals surface area contributed by atoms with Crippen molar-refractivity contribution in [3.8, 4) is 0 Å². The third kappa shape index (κ3) is 3.74. The first kappa shape index (κ1) is 20.2. The maximum atomic E-state index is 13.3. The van der Waals surface area contributed by atoms with Crippen molar-refractivity contribution in [3.05, 3.63) is 58.4 Å². The second-order valence-corrected chi connectivity index (χ2v) is 9.89. The van der Waals surface area contributed by atoms with Crippen LogP contribution in [0.4, 0.5) is 18.9 Å². The lowest BCUT2D eigenvalue weighted by Gasteiger charge is -2.46. The molecule has 3 fully saturated rings. The summed E-state index contributed by atoms with van der Waals surface area (Å²) in [4.78, 5) is 12.3. The highest BCUT2D eigenvalue weighted by atomic mass is 35.5. The lowest BCUT2D eigenvalue weighted by Crippen LogP contribution is -2.60. The molecule has 0 aromatic heterocycles. The van der Waals surface area contributed by atoms with Crippen LogP contribution in [0.25, 0.3) is 0 Å². The summed E-state index contributed by atoms with van der Waals surface area (Å²) in [6.07, 6.45) is 1.90. The summed E-state index contributed by atoms with van der Waals surface area (Å²) in [6.45, 7) is 0. The van der Waals surface area contributed by atoms with Crippen molar-refractivity contribution in [2.75, 3.05) is 5.32 Å². The summed E-state index contributed by atoms with van der Waals surface area (Å²) in [5.41, 5.74) is -0.360. The van der Waals surface area contributed by atoms with E-state index in [2.05, 4.69) is 10.6 Å². The summed E-state index contributed by atoms with van der Waals surface area (Å²) in [5.74, 6) is -5.37. The number of carbonyl (C=O) groups excluding carboxylic acids is 1. The molecule has 2 aromatic rings. The zero-order valence-corrected chi connectivity index (χ0v) is 16.5. The molecule has 0 radical (unpaired) electrons. The molecule has 0 spiro atoms. The Kier molecular flexibility index (Phi) is 5.08. The minimum atomic E-state index is -3.76. The van der Waals surface area contributed by atoms with Crippen LogP contribution in [0.3, 0.4) is 0 Å². The molecule has 2 bridgehead atoms. The maximum absolute atomic E-state index is 13.3. The molecule has 2 atom stereocenters. The van der Waals surface area contributed by atoms with E-state index in [1.165, 1.54) is 12.1 Å². The lowest BCUT2D eigenvalue weighted by molar-refractivity contribution is 0.102. The largest absolute Gasteiger partial charge is 0.322 e. The van der Waals surface area contributed by atoms with Crippen molar-refractivity contribution in [3.63, 3.8) is 0 Å².